The summed E-state index contributed by atoms with van der Waals surface area (Å²) in [6.45, 7) is 1.96. The molecule has 0 atom stereocenters. The third kappa shape index (κ3) is 3.15. The predicted octanol–water partition coefficient (Wildman–Crippen LogP) is 3.66. The van der Waals surface area contributed by atoms with Gasteiger partial charge in [-0.05, 0) is 24.6 Å². The fourth-order valence-corrected chi connectivity index (χ4v) is 2.21. The fraction of sp³-hybridized carbons (Fsp3) is 0.0909. The highest BCUT2D eigenvalue weighted by molar-refractivity contribution is 9.10. The standard InChI is InChI=1S/C11H10BrN3S/c1-8-7-16-11(14-8)15-13-6-9-3-2-4-10(12)5-9/h2-7H,1H3,(H,14,15)/b13-6+. The van der Waals surface area contributed by atoms with Gasteiger partial charge in [-0.25, -0.2) is 4.98 Å². The van der Waals surface area contributed by atoms with Crippen LogP contribution in [0.15, 0.2) is 39.2 Å². The Morgan fingerprint density at radius 3 is 3.06 bits per heavy atom. The minimum Gasteiger partial charge on any atom is -0.253 e. The van der Waals surface area contributed by atoms with Gasteiger partial charge in [0.2, 0.25) is 5.13 Å². The van der Waals surface area contributed by atoms with Gasteiger partial charge >= 0.3 is 0 Å². The number of aryl methyl sites for hydroxylation is 1. The molecule has 0 spiro atoms. The van der Waals surface area contributed by atoms with Gasteiger partial charge in [-0.15, -0.1) is 11.3 Å². The minimum absolute atomic E-state index is 0.809. The number of aromatic nitrogens is 1. The zero-order valence-electron chi connectivity index (χ0n) is 8.64. The van der Waals surface area contributed by atoms with E-state index in [2.05, 4.69) is 31.4 Å². The topological polar surface area (TPSA) is 37.3 Å². The number of benzene rings is 1. The van der Waals surface area contributed by atoms with Crippen molar-refractivity contribution in [1.82, 2.24) is 4.98 Å². The second-order valence-corrected chi connectivity index (χ2v) is 4.99. The molecule has 3 nitrogen and oxygen atoms in total. The summed E-state index contributed by atoms with van der Waals surface area (Å²) in [4.78, 5) is 4.24. The summed E-state index contributed by atoms with van der Waals surface area (Å²) >= 11 is 4.95. The van der Waals surface area contributed by atoms with Crippen molar-refractivity contribution in [3.63, 3.8) is 0 Å². The summed E-state index contributed by atoms with van der Waals surface area (Å²) in [6.07, 6.45) is 1.77. The van der Waals surface area contributed by atoms with Gasteiger partial charge in [0.15, 0.2) is 0 Å². The van der Waals surface area contributed by atoms with Gasteiger partial charge in [-0.1, -0.05) is 28.1 Å². The van der Waals surface area contributed by atoms with Crippen LogP contribution in [-0.4, -0.2) is 11.2 Å². The normalized spacial score (nSPS) is 10.9. The van der Waals surface area contributed by atoms with E-state index in [0.29, 0.717) is 0 Å². The molecule has 1 aromatic heterocycles. The molecule has 2 aromatic rings. The van der Waals surface area contributed by atoms with Gasteiger partial charge < -0.3 is 0 Å². The molecular weight excluding hydrogens is 286 g/mol. The monoisotopic (exact) mass is 295 g/mol. The summed E-state index contributed by atoms with van der Waals surface area (Å²) in [6, 6.07) is 7.94. The van der Waals surface area contributed by atoms with Crippen molar-refractivity contribution in [2.45, 2.75) is 6.92 Å². The molecule has 2 rings (SSSR count). The van der Waals surface area contributed by atoms with E-state index in [1.165, 1.54) is 0 Å². The van der Waals surface area contributed by atoms with Gasteiger partial charge in [0.1, 0.15) is 0 Å². The lowest BCUT2D eigenvalue weighted by Gasteiger charge is -1.95. The third-order valence-corrected chi connectivity index (χ3v) is 3.20. The molecule has 0 aliphatic carbocycles. The molecular formula is C11H10BrN3S. The van der Waals surface area contributed by atoms with E-state index in [1.807, 2.05) is 36.6 Å². The van der Waals surface area contributed by atoms with E-state index in [9.17, 15) is 0 Å². The lowest BCUT2D eigenvalue weighted by molar-refractivity contribution is 1.22. The van der Waals surface area contributed by atoms with Crippen LogP contribution in [-0.2, 0) is 0 Å². The predicted molar refractivity (Wildman–Crippen MR) is 72.2 cm³/mol. The number of nitrogens with zero attached hydrogens (tertiary/aromatic N) is 2. The maximum atomic E-state index is 4.24. The number of anilines is 1. The van der Waals surface area contributed by atoms with Crippen LogP contribution in [0.5, 0.6) is 0 Å². The molecule has 1 aromatic carbocycles. The van der Waals surface area contributed by atoms with E-state index >= 15 is 0 Å². The van der Waals surface area contributed by atoms with E-state index in [4.69, 9.17) is 0 Å². The molecule has 0 unspecified atom stereocenters. The van der Waals surface area contributed by atoms with E-state index in [0.717, 1.165) is 20.9 Å². The largest absolute Gasteiger partial charge is 0.253 e. The highest BCUT2D eigenvalue weighted by Crippen LogP contribution is 2.14. The number of hydrazone groups is 1. The first-order valence-corrected chi connectivity index (χ1v) is 6.38. The molecule has 0 aliphatic heterocycles. The second-order valence-electron chi connectivity index (χ2n) is 3.22. The molecule has 0 saturated carbocycles. The Bertz CT molecular complexity index is 507. The van der Waals surface area contributed by atoms with Gasteiger partial charge in [-0.3, -0.25) is 5.43 Å². The van der Waals surface area contributed by atoms with Crippen molar-refractivity contribution in [2.75, 3.05) is 5.43 Å². The number of rotatable bonds is 3. The Morgan fingerprint density at radius 2 is 2.38 bits per heavy atom. The second kappa shape index (κ2) is 5.23. The van der Waals surface area contributed by atoms with Gasteiger partial charge in [0.25, 0.3) is 0 Å². The quantitative estimate of drug-likeness (QED) is 0.693. The molecule has 82 valence electrons. The molecule has 5 heteroatoms. The molecule has 16 heavy (non-hydrogen) atoms. The first-order valence-electron chi connectivity index (χ1n) is 4.71. The number of thiazole rings is 1. The SMILES string of the molecule is Cc1csc(N/N=C/c2cccc(Br)c2)n1. The highest BCUT2D eigenvalue weighted by atomic mass is 79.9. The van der Waals surface area contributed by atoms with Crippen LogP contribution in [0.2, 0.25) is 0 Å². The van der Waals surface area contributed by atoms with Crippen LogP contribution < -0.4 is 5.43 Å². The van der Waals surface area contributed by atoms with E-state index in [-0.39, 0.29) is 0 Å². The smallest absolute Gasteiger partial charge is 0.203 e. The lowest BCUT2D eigenvalue weighted by Crippen LogP contribution is -1.89. The van der Waals surface area contributed by atoms with Crippen LogP contribution in [0.25, 0.3) is 0 Å². The molecule has 1 N–H and O–H groups in total. The summed E-state index contributed by atoms with van der Waals surface area (Å²) in [5, 5.41) is 6.91. The van der Waals surface area contributed by atoms with Crippen molar-refractivity contribution >= 4 is 38.6 Å². The van der Waals surface area contributed by atoms with Gasteiger partial charge in [-0.2, -0.15) is 5.10 Å². The van der Waals surface area contributed by atoms with Crippen molar-refractivity contribution in [1.29, 1.82) is 0 Å². The Kier molecular flexibility index (Phi) is 3.69. The van der Waals surface area contributed by atoms with Crippen molar-refractivity contribution in [3.05, 3.63) is 45.4 Å². The minimum atomic E-state index is 0.809. The van der Waals surface area contributed by atoms with Gasteiger partial charge in [0.05, 0.1) is 11.9 Å². The zero-order valence-corrected chi connectivity index (χ0v) is 11.0. The molecule has 0 radical (unpaired) electrons. The summed E-state index contributed by atoms with van der Waals surface area (Å²) in [7, 11) is 0. The van der Waals surface area contributed by atoms with E-state index < -0.39 is 0 Å². The first kappa shape index (κ1) is 11.3. The maximum absolute atomic E-state index is 4.24. The average Bonchev–Trinajstić information content (AvgIpc) is 2.64. The van der Waals surface area contributed by atoms with Crippen LogP contribution >= 0.6 is 27.3 Å². The average molecular weight is 296 g/mol. The van der Waals surface area contributed by atoms with Crippen LogP contribution in [0.1, 0.15) is 11.3 Å². The summed E-state index contributed by atoms with van der Waals surface area (Å²) in [5.74, 6) is 0. The van der Waals surface area contributed by atoms with Crippen LogP contribution in [0, 0.1) is 6.92 Å². The Balaban J connectivity index is 2.00. The van der Waals surface area contributed by atoms with Gasteiger partial charge in [0, 0.05) is 9.85 Å². The summed E-state index contributed by atoms with van der Waals surface area (Å²) in [5.41, 5.74) is 4.94. The molecule has 0 fully saturated rings. The maximum Gasteiger partial charge on any atom is 0.203 e. The summed E-state index contributed by atoms with van der Waals surface area (Å²) < 4.78 is 1.04. The molecule has 1 heterocycles. The lowest BCUT2D eigenvalue weighted by atomic mass is 10.2. The first-order chi connectivity index (χ1) is 7.74. The number of hydrogen-bond acceptors (Lipinski definition) is 4. The van der Waals surface area contributed by atoms with Crippen LogP contribution in [0.4, 0.5) is 5.13 Å². The zero-order chi connectivity index (χ0) is 11.4. The highest BCUT2D eigenvalue weighted by Gasteiger charge is 1.94. The van der Waals surface area contributed by atoms with E-state index in [1.54, 1.807) is 17.6 Å². The van der Waals surface area contributed by atoms with Crippen LogP contribution in [0.3, 0.4) is 0 Å². The Labute approximate surface area is 106 Å². The molecule has 0 bridgehead atoms. The number of nitrogens with one attached hydrogen (secondary N) is 1. The van der Waals surface area contributed by atoms with Crippen molar-refractivity contribution in [3.8, 4) is 0 Å². The third-order valence-electron chi connectivity index (χ3n) is 1.84. The van der Waals surface area contributed by atoms with Crippen molar-refractivity contribution in [2.24, 2.45) is 5.10 Å². The molecule has 0 amide bonds. The molecule has 0 saturated heterocycles. The number of hydrogen-bond donors (Lipinski definition) is 1. The Morgan fingerprint density at radius 1 is 1.50 bits per heavy atom. The Hall–Kier alpha value is -1.20. The fourth-order valence-electron chi connectivity index (χ4n) is 1.15. The molecule has 0 aliphatic rings. The van der Waals surface area contributed by atoms with Crippen molar-refractivity contribution < 1.29 is 0 Å². The number of halogens is 1.